The van der Waals surface area contributed by atoms with Crippen molar-refractivity contribution >= 4 is 33.4 Å². The van der Waals surface area contributed by atoms with Crippen LogP contribution in [0.15, 0.2) is 53.0 Å². The lowest BCUT2D eigenvalue weighted by Crippen LogP contribution is -2.42. The summed E-state index contributed by atoms with van der Waals surface area (Å²) in [6.07, 6.45) is -0.186. The molecule has 22 heavy (non-hydrogen) atoms. The molecular weight excluding hydrogens is 366 g/mol. The maximum atomic E-state index is 12.7. The van der Waals surface area contributed by atoms with Crippen LogP contribution in [0.1, 0.15) is 22.0 Å². The van der Waals surface area contributed by atoms with E-state index in [0.29, 0.717) is 30.3 Å². The number of nitrogens with zero attached hydrogens (tertiary/aromatic N) is 1. The normalized spacial score (nSPS) is 18.3. The Hall–Kier alpha value is -1.36. The summed E-state index contributed by atoms with van der Waals surface area (Å²) in [6.45, 7) is 1.59. The van der Waals surface area contributed by atoms with Crippen LogP contribution in [0.25, 0.3) is 0 Å². The number of rotatable bonds is 2. The molecule has 0 aliphatic carbocycles. The molecular formula is C17H15BrClNO2. The minimum Gasteiger partial charge on any atom is -0.370 e. The van der Waals surface area contributed by atoms with Crippen LogP contribution in [0.2, 0.25) is 5.02 Å². The maximum Gasteiger partial charge on any atom is 0.255 e. The standard InChI is InChI=1S/C17H15BrClNO2/c18-14-7-3-1-5-12(14)17(21)20-9-10-22-16(11-20)13-6-2-4-8-15(13)19/h1-8,16H,9-11H2. The Morgan fingerprint density at radius 3 is 2.68 bits per heavy atom. The first-order valence-corrected chi connectivity index (χ1v) is 8.24. The third-order valence-electron chi connectivity index (χ3n) is 3.71. The molecule has 2 aromatic rings. The van der Waals surface area contributed by atoms with Gasteiger partial charge >= 0.3 is 0 Å². The summed E-state index contributed by atoms with van der Waals surface area (Å²) in [6, 6.07) is 15.1. The van der Waals surface area contributed by atoms with E-state index in [1.165, 1.54) is 0 Å². The van der Waals surface area contributed by atoms with Gasteiger partial charge in [-0.05, 0) is 34.1 Å². The Balaban J connectivity index is 1.80. The van der Waals surface area contributed by atoms with Gasteiger partial charge in [-0.15, -0.1) is 0 Å². The van der Waals surface area contributed by atoms with Crippen molar-refractivity contribution in [2.24, 2.45) is 0 Å². The first kappa shape index (κ1) is 15.5. The van der Waals surface area contributed by atoms with Gasteiger partial charge in [0.1, 0.15) is 6.10 Å². The van der Waals surface area contributed by atoms with Gasteiger partial charge in [0.15, 0.2) is 0 Å². The topological polar surface area (TPSA) is 29.5 Å². The Morgan fingerprint density at radius 1 is 1.18 bits per heavy atom. The van der Waals surface area contributed by atoms with Gasteiger partial charge in [0.25, 0.3) is 5.91 Å². The lowest BCUT2D eigenvalue weighted by Gasteiger charge is -2.33. The molecule has 1 saturated heterocycles. The highest BCUT2D eigenvalue weighted by Crippen LogP contribution is 2.29. The molecule has 1 atom stereocenters. The van der Waals surface area contributed by atoms with E-state index in [-0.39, 0.29) is 12.0 Å². The van der Waals surface area contributed by atoms with Crippen LogP contribution >= 0.6 is 27.5 Å². The number of morpholine rings is 1. The quantitative estimate of drug-likeness (QED) is 0.777. The predicted octanol–water partition coefficient (Wildman–Crippen LogP) is 4.32. The van der Waals surface area contributed by atoms with Crippen LogP contribution in [0.4, 0.5) is 0 Å². The molecule has 1 fully saturated rings. The van der Waals surface area contributed by atoms with Gasteiger partial charge in [0.2, 0.25) is 0 Å². The van der Waals surface area contributed by atoms with E-state index in [1.807, 2.05) is 53.4 Å². The van der Waals surface area contributed by atoms with E-state index in [4.69, 9.17) is 16.3 Å². The minimum atomic E-state index is -0.186. The third-order valence-corrected chi connectivity index (χ3v) is 4.75. The molecule has 3 rings (SSSR count). The Labute approximate surface area is 143 Å². The van der Waals surface area contributed by atoms with Crippen molar-refractivity contribution in [1.29, 1.82) is 0 Å². The first-order valence-electron chi connectivity index (χ1n) is 7.06. The molecule has 0 spiro atoms. The second-order valence-electron chi connectivity index (χ2n) is 5.11. The van der Waals surface area contributed by atoms with Gasteiger partial charge in [0, 0.05) is 21.6 Å². The average molecular weight is 381 g/mol. The highest BCUT2D eigenvalue weighted by molar-refractivity contribution is 9.10. The summed E-state index contributed by atoms with van der Waals surface area (Å²) in [5.74, 6) is 0.00725. The molecule has 1 heterocycles. The number of carbonyl (C=O) groups excluding carboxylic acids is 1. The summed E-state index contributed by atoms with van der Waals surface area (Å²) in [5, 5.41) is 0.669. The number of amides is 1. The number of benzene rings is 2. The van der Waals surface area contributed by atoms with E-state index in [9.17, 15) is 4.79 Å². The molecule has 1 unspecified atom stereocenters. The molecule has 0 bridgehead atoms. The summed E-state index contributed by atoms with van der Waals surface area (Å²) in [5.41, 5.74) is 1.59. The van der Waals surface area contributed by atoms with Gasteiger partial charge in [-0.2, -0.15) is 0 Å². The molecule has 1 aliphatic heterocycles. The Bertz CT molecular complexity index is 692. The predicted molar refractivity (Wildman–Crippen MR) is 90.2 cm³/mol. The molecule has 5 heteroatoms. The molecule has 0 aromatic heterocycles. The summed E-state index contributed by atoms with van der Waals surface area (Å²) >= 11 is 9.67. The Kier molecular flexibility index (Phi) is 4.81. The highest BCUT2D eigenvalue weighted by Gasteiger charge is 2.27. The van der Waals surface area contributed by atoms with Crippen LogP contribution in [0.5, 0.6) is 0 Å². The molecule has 1 aliphatic rings. The zero-order valence-corrected chi connectivity index (χ0v) is 14.2. The van der Waals surface area contributed by atoms with Crippen LogP contribution in [0, 0.1) is 0 Å². The fourth-order valence-corrected chi connectivity index (χ4v) is 3.27. The number of hydrogen-bond donors (Lipinski definition) is 0. The van der Waals surface area contributed by atoms with E-state index in [1.54, 1.807) is 0 Å². The number of halogens is 2. The third kappa shape index (κ3) is 3.19. The molecule has 0 N–H and O–H groups in total. The van der Waals surface area contributed by atoms with E-state index < -0.39 is 0 Å². The van der Waals surface area contributed by atoms with Crippen LogP contribution in [-0.2, 0) is 4.74 Å². The second kappa shape index (κ2) is 6.82. The molecule has 0 saturated carbocycles. The number of ether oxygens (including phenoxy) is 1. The monoisotopic (exact) mass is 379 g/mol. The van der Waals surface area contributed by atoms with E-state index in [0.717, 1.165) is 10.0 Å². The Morgan fingerprint density at radius 2 is 1.91 bits per heavy atom. The van der Waals surface area contributed by atoms with Crippen LogP contribution < -0.4 is 0 Å². The lowest BCUT2D eigenvalue weighted by atomic mass is 10.1. The van der Waals surface area contributed by atoms with Crippen LogP contribution in [0.3, 0.4) is 0 Å². The van der Waals surface area contributed by atoms with Gasteiger partial charge in [0.05, 0.1) is 18.7 Å². The van der Waals surface area contributed by atoms with Crippen molar-refractivity contribution in [3.63, 3.8) is 0 Å². The molecule has 1 amide bonds. The zero-order valence-electron chi connectivity index (χ0n) is 11.8. The molecule has 114 valence electrons. The van der Waals surface area contributed by atoms with Crippen molar-refractivity contribution in [3.8, 4) is 0 Å². The smallest absolute Gasteiger partial charge is 0.255 e. The van der Waals surface area contributed by atoms with E-state index in [2.05, 4.69) is 15.9 Å². The van der Waals surface area contributed by atoms with Crippen molar-refractivity contribution in [2.75, 3.05) is 19.7 Å². The van der Waals surface area contributed by atoms with Gasteiger partial charge in [-0.1, -0.05) is 41.9 Å². The fraction of sp³-hybridized carbons (Fsp3) is 0.235. The SMILES string of the molecule is O=C(c1ccccc1Br)N1CCOC(c2ccccc2Cl)C1. The van der Waals surface area contributed by atoms with Crippen molar-refractivity contribution in [2.45, 2.75) is 6.10 Å². The fourth-order valence-electron chi connectivity index (χ4n) is 2.56. The zero-order chi connectivity index (χ0) is 15.5. The summed E-state index contributed by atoms with van der Waals surface area (Å²) < 4.78 is 6.61. The van der Waals surface area contributed by atoms with Crippen LogP contribution in [-0.4, -0.2) is 30.5 Å². The van der Waals surface area contributed by atoms with Crippen molar-refractivity contribution in [3.05, 3.63) is 69.2 Å². The van der Waals surface area contributed by atoms with E-state index >= 15 is 0 Å². The maximum absolute atomic E-state index is 12.7. The largest absolute Gasteiger partial charge is 0.370 e. The minimum absolute atomic E-state index is 0.00725. The summed E-state index contributed by atoms with van der Waals surface area (Å²) in [4.78, 5) is 14.5. The van der Waals surface area contributed by atoms with Crippen molar-refractivity contribution in [1.82, 2.24) is 4.90 Å². The first-order chi connectivity index (χ1) is 10.7. The average Bonchev–Trinajstić information content (AvgIpc) is 2.55. The molecule has 2 aromatic carbocycles. The molecule has 3 nitrogen and oxygen atoms in total. The highest BCUT2D eigenvalue weighted by atomic mass is 79.9. The summed E-state index contributed by atoms with van der Waals surface area (Å²) in [7, 11) is 0. The van der Waals surface area contributed by atoms with Gasteiger partial charge < -0.3 is 9.64 Å². The lowest BCUT2D eigenvalue weighted by molar-refractivity contribution is -0.0228. The second-order valence-corrected chi connectivity index (χ2v) is 6.37. The molecule has 0 radical (unpaired) electrons. The van der Waals surface area contributed by atoms with Crippen molar-refractivity contribution < 1.29 is 9.53 Å². The number of hydrogen-bond acceptors (Lipinski definition) is 2. The van der Waals surface area contributed by atoms with Gasteiger partial charge in [-0.3, -0.25) is 4.79 Å². The number of carbonyl (C=O) groups is 1. The van der Waals surface area contributed by atoms with Gasteiger partial charge in [-0.25, -0.2) is 0 Å².